The van der Waals surface area contributed by atoms with Crippen molar-refractivity contribution in [1.82, 2.24) is 4.90 Å². The molecule has 29 heavy (non-hydrogen) atoms. The van der Waals surface area contributed by atoms with E-state index < -0.39 is 36.1 Å². The number of aliphatic hydroxyl groups is 3. The number of hydrogen-bond acceptors (Lipinski definition) is 7. The summed E-state index contributed by atoms with van der Waals surface area (Å²) in [5.41, 5.74) is 0. The summed E-state index contributed by atoms with van der Waals surface area (Å²) in [7, 11) is 0. The van der Waals surface area contributed by atoms with Crippen LogP contribution in [0, 0.1) is 0 Å². The minimum Gasteiger partial charge on any atom is -0.388 e. The van der Waals surface area contributed by atoms with Crippen LogP contribution in [0.4, 0.5) is 0 Å². The molecule has 0 aromatic carbocycles. The maximum absolute atomic E-state index is 12.5. The van der Waals surface area contributed by atoms with Gasteiger partial charge in [0, 0.05) is 19.5 Å². The van der Waals surface area contributed by atoms with Crippen LogP contribution in [0.15, 0.2) is 0 Å². The standard InChI is InChI=1S/C21H39NO7/c1-3-4-5-6-7-8-9-10-21(2)28-15-16(23)19(29-21)17(24)18(25)20(26)22-11-13-27-14-12-22/h16-19,23-25H,3-15H2,1-2H3/t16-,17-,18-,19-,21?/m1/s1. The van der Waals surface area contributed by atoms with Crippen molar-refractivity contribution >= 4 is 5.91 Å². The molecule has 2 fully saturated rings. The third-order valence-electron chi connectivity index (χ3n) is 5.79. The van der Waals surface area contributed by atoms with Crippen LogP contribution in [-0.4, -0.2) is 89.2 Å². The third kappa shape index (κ3) is 7.45. The Labute approximate surface area is 174 Å². The van der Waals surface area contributed by atoms with Crippen molar-refractivity contribution in [2.45, 2.75) is 95.4 Å². The highest BCUT2D eigenvalue weighted by molar-refractivity contribution is 5.81. The summed E-state index contributed by atoms with van der Waals surface area (Å²) in [5, 5.41) is 31.2. The fraction of sp³-hybridized carbons (Fsp3) is 0.952. The predicted octanol–water partition coefficient (Wildman–Crippen LogP) is 1.20. The Bertz CT molecular complexity index is 486. The van der Waals surface area contributed by atoms with E-state index in [1.54, 1.807) is 6.92 Å². The number of hydrogen-bond donors (Lipinski definition) is 3. The number of ether oxygens (including phenoxy) is 3. The molecular weight excluding hydrogens is 378 g/mol. The first kappa shape index (κ1) is 24.5. The fourth-order valence-electron chi connectivity index (χ4n) is 3.89. The van der Waals surface area contributed by atoms with E-state index in [4.69, 9.17) is 14.2 Å². The molecule has 1 amide bonds. The minimum atomic E-state index is -1.66. The van der Waals surface area contributed by atoms with E-state index in [9.17, 15) is 20.1 Å². The van der Waals surface area contributed by atoms with Gasteiger partial charge in [0.25, 0.3) is 5.91 Å². The Balaban J connectivity index is 1.82. The molecule has 2 heterocycles. The molecule has 8 nitrogen and oxygen atoms in total. The molecule has 0 saturated carbocycles. The molecule has 0 aromatic rings. The lowest BCUT2D eigenvalue weighted by molar-refractivity contribution is -0.333. The van der Waals surface area contributed by atoms with Gasteiger partial charge in [0.2, 0.25) is 0 Å². The van der Waals surface area contributed by atoms with Crippen LogP contribution in [0.5, 0.6) is 0 Å². The molecule has 2 saturated heterocycles. The van der Waals surface area contributed by atoms with E-state index >= 15 is 0 Å². The van der Waals surface area contributed by atoms with E-state index in [1.807, 2.05) is 0 Å². The van der Waals surface area contributed by atoms with Gasteiger partial charge in [-0.2, -0.15) is 0 Å². The molecule has 5 atom stereocenters. The van der Waals surface area contributed by atoms with Crippen LogP contribution >= 0.6 is 0 Å². The van der Waals surface area contributed by atoms with Crippen molar-refractivity contribution in [3.05, 3.63) is 0 Å². The second-order valence-electron chi connectivity index (χ2n) is 8.34. The molecule has 2 aliphatic rings. The Morgan fingerprint density at radius 2 is 1.72 bits per heavy atom. The summed E-state index contributed by atoms with van der Waals surface area (Å²) in [6.45, 7) is 5.52. The van der Waals surface area contributed by atoms with Gasteiger partial charge in [-0.3, -0.25) is 4.79 Å². The molecule has 3 N–H and O–H groups in total. The van der Waals surface area contributed by atoms with Crippen LogP contribution in [0.1, 0.15) is 65.2 Å². The van der Waals surface area contributed by atoms with Gasteiger partial charge in [-0.25, -0.2) is 0 Å². The number of morpholine rings is 1. The topological polar surface area (TPSA) is 109 Å². The first-order chi connectivity index (χ1) is 13.9. The molecule has 2 rings (SSSR count). The Kier molecular flexibility index (Phi) is 10.3. The molecule has 0 radical (unpaired) electrons. The Morgan fingerprint density at radius 3 is 2.38 bits per heavy atom. The van der Waals surface area contributed by atoms with Gasteiger partial charge in [-0.05, 0) is 13.3 Å². The number of nitrogens with zero attached hydrogens (tertiary/aromatic N) is 1. The van der Waals surface area contributed by atoms with Gasteiger partial charge in [0.15, 0.2) is 11.9 Å². The zero-order valence-corrected chi connectivity index (χ0v) is 17.9. The van der Waals surface area contributed by atoms with Crippen molar-refractivity contribution in [3.63, 3.8) is 0 Å². The summed E-state index contributed by atoms with van der Waals surface area (Å²) in [5.74, 6) is -1.52. The molecule has 1 unspecified atom stereocenters. The molecule has 0 aliphatic carbocycles. The largest absolute Gasteiger partial charge is 0.388 e. The number of unbranched alkanes of at least 4 members (excludes halogenated alkanes) is 6. The quantitative estimate of drug-likeness (QED) is 0.434. The Morgan fingerprint density at radius 1 is 1.10 bits per heavy atom. The molecule has 0 spiro atoms. The first-order valence-corrected chi connectivity index (χ1v) is 11.1. The summed E-state index contributed by atoms with van der Waals surface area (Å²) < 4.78 is 16.8. The second kappa shape index (κ2) is 12.2. The lowest BCUT2D eigenvalue weighted by Crippen LogP contribution is -2.60. The van der Waals surface area contributed by atoms with E-state index in [2.05, 4.69) is 6.92 Å². The highest BCUT2D eigenvalue weighted by atomic mass is 16.7. The monoisotopic (exact) mass is 417 g/mol. The molecule has 2 aliphatic heterocycles. The summed E-state index contributed by atoms with van der Waals surface area (Å²) in [6, 6.07) is 0. The van der Waals surface area contributed by atoms with Crippen molar-refractivity contribution < 1.29 is 34.3 Å². The van der Waals surface area contributed by atoms with Crippen molar-refractivity contribution in [2.75, 3.05) is 32.9 Å². The first-order valence-electron chi connectivity index (χ1n) is 11.1. The fourth-order valence-corrected chi connectivity index (χ4v) is 3.89. The van der Waals surface area contributed by atoms with Crippen LogP contribution in [0.2, 0.25) is 0 Å². The average molecular weight is 418 g/mol. The zero-order valence-electron chi connectivity index (χ0n) is 17.9. The molecular formula is C21H39NO7. The van der Waals surface area contributed by atoms with Gasteiger partial charge in [-0.15, -0.1) is 0 Å². The predicted molar refractivity (Wildman–Crippen MR) is 107 cm³/mol. The van der Waals surface area contributed by atoms with Gasteiger partial charge in [-0.1, -0.05) is 45.4 Å². The minimum absolute atomic E-state index is 0.00675. The Hall–Kier alpha value is -0.770. The van der Waals surface area contributed by atoms with Crippen LogP contribution in [0.25, 0.3) is 0 Å². The van der Waals surface area contributed by atoms with Crippen molar-refractivity contribution in [2.24, 2.45) is 0 Å². The van der Waals surface area contributed by atoms with Crippen molar-refractivity contribution in [3.8, 4) is 0 Å². The number of carbonyl (C=O) groups excluding carboxylic acids is 1. The summed E-state index contributed by atoms with van der Waals surface area (Å²) in [6.07, 6.45) is 3.37. The number of rotatable bonds is 11. The van der Waals surface area contributed by atoms with E-state index in [1.165, 1.54) is 30.6 Å². The smallest absolute Gasteiger partial charge is 0.254 e. The highest BCUT2D eigenvalue weighted by Crippen LogP contribution is 2.31. The van der Waals surface area contributed by atoms with Crippen LogP contribution in [0.3, 0.4) is 0 Å². The van der Waals surface area contributed by atoms with E-state index in [0.717, 1.165) is 19.3 Å². The highest BCUT2D eigenvalue weighted by Gasteiger charge is 2.46. The lowest BCUT2D eigenvalue weighted by atomic mass is 9.98. The number of amides is 1. The average Bonchev–Trinajstić information content (AvgIpc) is 2.74. The SMILES string of the molecule is CCCCCCCCCC1(C)OC[C@@H](O)[C@H]([C@H](O)[C@@H](O)C(=O)N2CCOCC2)O1. The summed E-state index contributed by atoms with van der Waals surface area (Å²) >= 11 is 0. The maximum Gasteiger partial charge on any atom is 0.254 e. The van der Waals surface area contributed by atoms with Crippen molar-refractivity contribution in [1.29, 1.82) is 0 Å². The van der Waals surface area contributed by atoms with E-state index in [0.29, 0.717) is 32.7 Å². The van der Waals surface area contributed by atoms with E-state index in [-0.39, 0.29) is 6.61 Å². The molecule has 170 valence electrons. The molecule has 0 bridgehead atoms. The second-order valence-corrected chi connectivity index (χ2v) is 8.34. The number of carbonyl (C=O) groups is 1. The van der Waals surface area contributed by atoms with Crippen LogP contribution in [-0.2, 0) is 19.0 Å². The van der Waals surface area contributed by atoms with Gasteiger partial charge in [0.05, 0.1) is 19.8 Å². The number of aliphatic hydroxyl groups excluding tert-OH is 3. The van der Waals surface area contributed by atoms with Crippen LogP contribution < -0.4 is 0 Å². The third-order valence-corrected chi connectivity index (χ3v) is 5.79. The van der Waals surface area contributed by atoms with Gasteiger partial charge < -0.3 is 34.4 Å². The van der Waals surface area contributed by atoms with Gasteiger partial charge in [0.1, 0.15) is 18.3 Å². The zero-order chi connectivity index (χ0) is 21.3. The normalized spacial score (nSPS) is 30.2. The van der Waals surface area contributed by atoms with Gasteiger partial charge >= 0.3 is 0 Å². The molecule has 0 aromatic heterocycles. The summed E-state index contributed by atoms with van der Waals surface area (Å²) in [4.78, 5) is 13.9. The lowest BCUT2D eigenvalue weighted by Gasteiger charge is -2.43. The maximum atomic E-state index is 12.5. The molecule has 8 heteroatoms.